The molecule has 0 aromatic heterocycles. The number of primary amides is 1. The Morgan fingerprint density at radius 1 is 1.35 bits per heavy atom. The zero-order chi connectivity index (χ0) is 12.9. The number of anilines is 1. The molecule has 0 spiro atoms. The largest absolute Gasteiger partial charge is 0.484 e. The van der Waals surface area contributed by atoms with E-state index in [9.17, 15) is 13.2 Å². The van der Waals surface area contributed by atoms with Crippen molar-refractivity contribution < 1.29 is 17.9 Å². The number of ether oxygens (including phenoxy) is 1. The Morgan fingerprint density at radius 2 is 1.94 bits per heavy atom. The summed E-state index contributed by atoms with van der Waals surface area (Å²) in [4.78, 5) is 10.5. The summed E-state index contributed by atoms with van der Waals surface area (Å²) in [5.74, 6) is -0.114. The quantitative estimate of drug-likeness (QED) is 0.767. The van der Waals surface area contributed by atoms with E-state index < -0.39 is 15.9 Å². The van der Waals surface area contributed by atoms with Crippen LogP contribution in [0, 0.1) is 0 Å². The molecule has 0 heterocycles. The summed E-state index contributed by atoms with van der Waals surface area (Å²) in [6.07, 6.45) is 0. The van der Waals surface area contributed by atoms with E-state index in [1.165, 1.54) is 0 Å². The van der Waals surface area contributed by atoms with E-state index in [0.717, 1.165) is 0 Å². The lowest BCUT2D eigenvalue weighted by Crippen LogP contribution is -2.20. The van der Waals surface area contributed by atoms with Crippen LogP contribution in [0.3, 0.4) is 0 Å². The van der Waals surface area contributed by atoms with Gasteiger partial charge >= 0.3 is 0 Å². The number of carbonyl (C=O) groups is 1. The molecule has 1 amide bonds. The summed E-state index contributed by atoms with van der Waals surface area (Å²) < 4.78 is 29.9. The fourth-order valence-corrected chi connectivity index (χ4v) is 1.66. The molecule has 17 heavy (non-hydrogen) atoms. The van der Waals surface area contributed by atoms with Crippen molar-refractivity contribution in [1.82, 2.24) is 0 Å². The minimum atomic E-state index is -3.28. The predicted octanol–water partition coefficient (Wildman–Crippen LogP) is 0.312. The molecule has 0 aliphatic heterocycles. The van der Waals surface area contributed by atoms with E-state index in [1.54, 1.807) is 31.2 Å². The van der Waals surface area contributed by atoms with Gasteiger partial charge in [0.25, 0.3) is 5.91 Å². The molecule has 0 atom stereocenters. The first-order valence-electron chi connectivity index (χ1n) is 4.94. The summed E-state index contributed by atoms with van der Waals surface area (Å²) >= 11 is 0. The fourth-order valence-electron chi connectivity index (χ4n) is 1.03. The number of sulfonamides is 1. The van der Waals surface area contributed by atoms with Gasteiger partial charge in [-0.1, -0.05) is 0 Å². The average Bonchev–Trinajstić information content (AvgIpc) is 2.28. The van der Waals surface area contributed by atoms with Crippen LogP contribution in [0.4, 0.5) is 5.69 Å². The number of carbonyl (C=O) groups excluding carboxylic acids is 1. The first-order chi connectivity index (χ1) is 7.93. The summed E-state index contributed by atoms with van der Waals surface area (Å²) in [7, 11) is -3.28. The molecule has 0 radical (unpaired) electrons. The Kier molecular flexibility index (Phi) is 4.33. The number of nitrogens with two attached hydrogens (primary N) is 1. The van der Waals surface area contributed by atoms with Gasteiger partial charge in [-0.15, -0.1) is 0 Å². The maximum Gasteiger partial charge on any atom is 0.255 e. The Balaban J connectivity index is 2.65. The zero-order valence-electron chi connectivity index (χ0n) is 9.34. The normalized spacial score (nSPS) is 10.9. The van der Waals surface area contributed by atoms with Crippen LogP contribution in [0.25, 0.3) is 0 Å². The van der Waals surface area contributed by atoms with Crippen molar-refractivity contribution in [2.24, 2.45) is 5.73 Å². The van der Waals surface area contributed by atoms with Crippen molar-refractivity contribution in [2.45, 2.75) is 6.92 Å². The topological polar surface area (TPSA) is 98.5 Å². The van der Waals surface area contributed by atoms with E-state index >= 15 is 0 Å². The van der Waals surface area contributed by atoms with Gasteiger partial charge in [0, 0.05) is 5.69 Å². The molecule has 1 rings (SSSR count). The molecule has 0 saturated heterocycles. The van der Waals surface area contributed by atoms with Crippen LogP contribution in [0.15, 0.2) is 24.3 Å². The van der Waals surface area contributed by atoms with E-state index in [4.69, 9.17) is 10.5 Å². The highest BCUT2D eigenvalue weighted by molar-refractivity contribution is 7.92. The number of rotatable bonds is 6. The Morgan fingerprint density at radius 3 is 2.41 bits per heavy atom. The van der Waals surface area contributed by atoms with Gasteiger partial charge < -0.3 is 10.5 Å². The molecule has 6 nitrogen and oxygen atoms in total. The van der Waals surface area contributed by atoms with Gasteiger partial charge in [-0.25, -0.2) is 8.42 Å². The van der Waals surface area contributed by atoms with Gasteiger partial charge in [-0.2, -0.15) is 0 Å². The molecule has 7 heteroatoms. The van der Waals surface area contributed by atoms with Crippen LogP contribution in [0.2, 0.25) is 0 Å². The van der Waals surface area contributed by atoms with Crippen molar-refractivity contribution in [3.63, 3.8) is 0 Å². The number of amides is 1. The second-order valence-corrected chi connectivity index (χ2v) is 5.30. The smallest absolute Gasteiger partial charge is 0.255 e. The van der Waals surface area contributed by atoms with Crippen molar-refractivity contribution >= 4 is 21.6 Å². The zero-order valence-corrected chi connectivity index (χ0v) is 10.2. The van der Waals surface area contributed by atoms with Gasteiger partial charge in [0.05, 0.1) is 5.75 Å². The molecular weight excluding hydrogens is 244 g/mol. The highest BCUT2D eigenvalue weighted by Crippen LogP contribution is 2.16. The standard InChI is InChI=1S/C10H14N2O4S/c1-2-17(14,15)12-8-3-5-9(6-4-8)16-7-10(11)13/h3-6,12H,2,7H2,1H3,(H2,11,13). The minimum absolute atomic E-state index is 0.00687. The lowest BCUT2D eigenvalue weighted by molar-refractivity contribution is -0.119. The maximum atomic E-state index is 11.3. The van der Waals surface area contributed by atoms with Crippen LogP contribution >= 0.6 is 0 Å². The minimum Gasteiger partial charge on any atom is -0.484 e. The molecule has 1 aromatic carbocycles. The van der Waals surface area contributed by atoms with Crippen molar-refractivity contribution in [3.05, 3.63) is 24.3 Å². The molecular formula is C10H14N2O4S. The Bertz CT molecular complexity index is 482. The second kappa shape index (κ2) is 5.53. The molecule has 0 bridgehead atoms. The SMILES string of the molecule is CCS(=O)(=O)Nc1ccc(OCC(N)=O)cc1. The molecule has 94 valence electrons. The molecule has 0 fully saturated rings. The van der Waals surface area contributed by atoms with Crippen LogP contribution in [0.1, 0.15) is 6.92 Å². The lowest BCUT2D eigenvalue weighted by Gasteiger charge is -2.07. The third-order valence-corrected chi connectivity index (χ3v) is 3.20. The molecule has 1 aromatic rings. The third kappa shape index (κ3) is 4.73. The van der Waals surface area contributed by atoms with Gasteiger partial charge in [0.1, 0.15) is 5.75 Å². The van der Waals surface area contributed by atoms with Crippen molar-refractivity contribution in [1.29, 1.82) is 0 Å². The summed E-state index contributed by atoms with van der Waals surface area (Å²) in [5.41, 5.74) is 5.36. The van der Waals surface area contributed by atoms with Gasteiger partial charge in [0.2, 0.25) is 10.0 Å². The van der Waals surface area contributed by atoms with E-state index in [0.29, 0.717) is 11.4 Å². The molecule has 0 saturated carbocycles. The Labute approximate surface area is 99.8 Å². The number of nitrogens with one attached hydrogen (secondary N) is 1. The van der Waals surface area contributed by atoms with E-state index in [-0.39, 0.29) is 12.4 Å². The summed E-state index contributed by atoms with van der Waals surface area (Å²) in [6, 6.07) is 6.19. The predicted molar refractivity (Wildman–Crippen MR) is 64.2 cm³/mol. The van der Waals surface area contributed by atoms with Crippen molar-refractivity contribution in [2.75, 3.05) is 17.1 Å². The molecule has 0 aliphatic rings. The third-order valence-electron chi connectivity index (χ3n) is 1.89. The molecule has 0 unspecified atom stereocenters. The monoisotopic (exact) mass is 258 g/mol. The highest BCUT2D eigenvalue weighted by atomic mass is 32.2. The van der Waals surface area contributed by atoms with Gasteiger partial charge in [-0.3, -0.25) is 9.52 Å². The first-order valence-corrected chi connectivity index (χ1v) is 6.60. The van der Waals surface area contributed by atoms with Crippen LogP contribution in [-0.4, -0.2) is 26.7 Å². The molecule has 3 N–H and O–H groups in total. The fraction of sp³-hybridized carbons (Fsp3) is 0.300. The number of benzene rings is 1. The van der Waals surface area contributed by atoms with Crippen LogP contribution in [-0.2, 0) is 14.8 Å². The second-order valence-electron chi connectivity index (χ2n) is 3.28. The van der Waals surface area contributed by atoms with E-state index in [2.05, 4.69) is 4.72 Å². The van der Waals surface area contributed by atoms with Crippen LogP contribution < -0.4 is 15.2 Å². The summed E-state index contributed by atoms with van der Waals surface area (Å²) in [6.45, 7) is 1.34. The average molecular weight is 258 g/mol. The first kappa shape index (κ1) is 13.3. The maximum absolute atomic E-state index is 11.3. The van der Waals surface area contributed by atoms with E-state index in [1.807, 2.05) is 0 Å². The molecule has 0 aliphatic carbocycles. The summed E-state index contributed by atoms with van der Waals surface area (Å²) in [5, 5.41) is 0. The van der Waals surface area contributed by atoms with Gasteiger partial charge in [-0.05, 0) is 31.2 Å². The lowest BCUT2D eigenvalue weighted by atomic mass is 10.3. The number of hydrogen-bond acceptors (Lipinski definition) is 4. The van der Waals surface area contributed by atoms with Gasteiger partial charge in [0.15, 0.2) is 6.61 Å². The van der Waals surface area contributed by atoms with Crippen molar-refractivity contribution in [3.8, 4) is 5.75 Å². The highest BCUT2D eigenvalue weighted by Gasteiger charge is 2.06. The Hall–Kier alpha value is -1.76. The van der Waals surface area contributed by atoms with Crippen LogP contribution in [0.5, 0.6) is 5.75 Å². The number of hydrogen-bond donors (Lipinski definition) is 2.